The second-order valence-electron chi connectivity index (χ2n) is 9.15. The number of piperidine rings is 1. The summed E-state index contributed by atoms with van der Waals surface area (Å²) >= 11 is 0. The van der Waals surface area contributed by atoms with Crippen molar-refractivity contribution in [3.63, 3.8) is 0 Å². The first-order chi connectivity index (χ1) is 17.7. The molecular formula is C27H31N5O4S. The lowest BCUT2D eigenvalue weighted by atomic mass is 10.0. The highest BCUT2D eigenvalue weighted by atomic mass is 32.2. The number of benzene rings is 3. The number of amidine groups is 1. The van der Waals surface area contributed by atoms with E-state index in [1.54, 1.807) is 41.3 Å². The van der Waals surface area contributed by atoms with Crippen LogP contribution in [0, 0.1) is 5.41 Å². The van der Waals surface area contributed by atoms with Gasteiger partial charge in [-0.15, -0.1) is 0 Å². The van der Waals surface area contributed by atoms with Crippen LogP contribution in [0.4, 0.5) is 0 Å². The minimum atomic E-state index is -3.93. The predicted octanol–water partition coefficient (Wildman–Crippen LogP) is 2.14. The number of hydrogen-bond donors (Lipinski definition) is 4. The van der Waals surface area contributed by atoms with Crippen molar-refractivity contribution in [1.82, 2.24) is 14.9 Å². The van der Waals surface area contributed by atoms with Gasteiger partial charge in [0.15, 0.2) is 0 Å². The highest BCUT2D eigenvalue weighted by molar-refractivity contribution is 7.89. The summed E-state index contributed by atoms with van der Waals surface area (Å²) in [5.41, 5.74) is 6.88. The first-order valence-electron chi connectivity index (χ1n) is 12.2. The van der Waals surface area contributed by atoms with Crippen molar-refractivity contribution < 1.29 is 18.0 Å². The molecule has 9 nitrogen and oxygen atoms in total. The second-order valence-corrected chi connectivity index (χ2v) is 10.9. The van der Waals surface area contributed by atoms with Crippen molar-refractivity contribution >= 4 is 38.4 Å². The zero-order chi connectivity index (χ0) is 26.4. The summed E-state index contributed by atoms with van der Waals surface area (Å²) in [5.74, 6) is -0.847. The van der Waals surface area contributed by atoms with Crippen molar-refractivity contribution in [1.29, 1.82) is 5.41 Å². The van der Waals surface area contributed by atoms with Crippen LogP contribution in [0.15, 0.2) is 71.6 Å². The number of fused-ring (bicyclic) bond motifs is 1. The molecule has 1 atom stereocenters. The lowest BCUT2D eigenvalue weighted by Crippen LogP contribution is -2.52. The highest BCUT2D eigenvalue weighted by Gasteiger charge is 2.28. The average molecular weight is 522 g/mol. The Hall–Kier alpha value is -3.76. The van der Waals surface area contributed by atoms with Gasteiger partial charge >= 0.3 is 0 Å². The van der Waals surface area contributed by atoms with Gasteiger partial charge < -0.3 is 16.0 Å². The molecule has 0 bridgehead atoms. The molecule has 1 fully saturated rings. The van der Waals surface area contributed by atoms with Crippen LogP contribution in [0.1, 0.15) is 30.4 Å². The Morgan fingerprint density at radius 2 is 1.62 bits per heavy atom. The van der Waals surface area contributed by atoms with Gasteiger partial charge in [-0.3, -0.25) is 15.0 Å². The standard InChI is InChI=1S/C27H31N5O4S/c28-26(29)21-10-8-19(9-11-21)16-24(27(34)32-14-4-1-5-15-32)31-25(33)18-30-37(35,36)23-13-12-20-6-2-3-7-22(20)17-23/h2-3,6-13,17,24,30H,1,4-5,14-16,18H2,(H3,28,29)(H,31,33). The number of carbonyl (C=O) groups excluding carboxylic acids is 2. The molecule has 0 radical (unpaired) electrons. The minimum Gasteiger partial charge on any atom is -0.384 e. The SMILES string of the molecule is N=C(N)c1ccc(CC(NC(=O)CNS(=O)(=O)c2ccc3ccccc3c2)C(=O)N2CCCCC2)cc1. The Morgan fingerprint density at radius 3 is 2.30 bits per heavy atom. The van der Waals surface area contributed by atoms with Gasteiger partial charge in [-0.1, -0.05) is 54.6 Å². The molecule has 1 aliphatic heterocycles. The maximum Gasteiger partial charge on any atom is 0.245 e. The smallest absolute Gasteiger partial charge is 0.245 e. The van der Waals surface area contributed by atoms with E-state index in [1.165, 1.54) is 6.07 Å². The lowest BCUT2D eigenvalue weighted by molar-refractivity contribution is -0.137. The van der Waals surface area contributed by atoms with E-state index in [9.17, 15) is 18.0 Å². The van der Waals surface area contributed by atoms with Crippen LogP contribution in [0.25, 0.3) is 10.8 Å². The number of likely N-dealkylation sites (tertiary alicyclic amines) is 1. The van der Waals surface area contributed by atoms with E-state index in [-0.39, 0.29) is 23.1 Å². The van der Waals surface area contributed by atoms with Crippen molar-refractivity contribution in [2.24, 2.45) is 5.73 Å². The van der Waals surface area contributed by atoms with Crippen LogP contribution in [-0.2, 0) is 26.0 Å². The Bertz CT molecular complexity index is 1400. The molecule has 10 heteroatoms. The van der Waals surface area contributed by atoms with Crippen molar-refractivity contribution in [2.45, 2.75) is 36.6 Å². The van der Waals surface area contributed by atoms with Gasteiger partial charge in [-0.05, 0) is 47.7 Å². The van der Waals surface area contributed by atoms with E-state index in [1.807, 2.05) is 24.3 Å². The predicted molar refractivity (Wildman–Crippen MR) is 143 cm³/mol. The molecule has 194 valence electrons. The summed E-state index contributed by atoms with van der Waals surface area (Å²) in [6.45, 7) is 0.758. The summed E-state index contributed by atoms with van der Waals surface area (Å²) in [6.07, 6.45) is 3.11. The molecule has 1 saturated heterocycles. The molecule has 5 N–H and O–H groups in total. The summed E-state index contributed by atoms with van der Waals surface area (Å²) in [6, 6.07) is 18.3. The second kappa shape index (κ2) is 11.5. The number of nitrogens with two attached hydrogens (primary N) is 1. The molecular weight excluding hydrogens is 490 g/mol. The van der Waals surface area contributed by atoms with Crippen molar-refractivity contribution in [3.05, 3.63) is 77.9 Å². The number of hydrogen-bond acceptors (Lipinski definition) is 5. The van der Waals surface area contributed by atoms with Crippen LogP contribution in [0.3, 0.4) is 0 Å². The van der Waals surface area contributed by atoms with Crippen molar-refractivity contribution in [3.8, 4) is 0 Å². The highest BCUT2D eigenvalue weighted by Crippen LogP contribution is 2.19. The monoisotopic (exact) mass is 521 g/mol. The number of nitrogens with zero attached hydrogens (tertiary/aromatic N) is 1. The molecule has 3 aromatic carbocycles. The fraction of sp³-hybridized carbons (Fsp3) is 0.296. The minimum absolute atomic E-state index is 0.0560. The number of carbonyl (C=O) groups is 2. The Labute approximate surface area is 216 Å². The first kappa shape index (κ1) is 26.3. The maximum atomic E-state index is 13.3. The topological polar surface area (TPSA) is 145 Å². The molecule has 1 aliphatic rings. The number of rotatable bonds is 9. The van der Waals surface area contributed by atoms with E-state index in [2.05, 4.69) is 10.0 Å². The zero-order valence-electron chi connectivity index (χ0n) is 20.4. The van der Waals surface area contributed by atoms with Gasteiger partial charge in [0.1, 0.15) is 11.9 Å². The van der Waals surface area contributed by atoms with Gasteiger partial charge in [0, 0.05) is 25.1 Å². The Balaban J connectivity index is 1.45. The molecule has 1 heterocycles. The first-order valence-corrected chi connectivity index (χ1v) is 13.7. The molecule has 0 aromatic heterocycles. The number of nitrogen functional groups attached to an aromatic ring is 1. The Kier molecular flexibility index (Phi) is 8.20. The third-order valence-corrected chi connectivity index (χ3v) is 7.86. The van der Waals surface area contributed by atoms with Gasteiger partial charge in [-0.25, -0.2) is 13.1 Å². The van der Waals surface area contributed by atoms with Gasteiger partial charge in [0.25, 0.3) is 0 Å². The van der Waals surface area contributed by atoms with Crippen LogP contribution in [0.2, 0.25) is 0 Å². The zero-order valence-corrected chi connectivity index (χ0v) is 21.3. The van der Waals surface area contributed by atoms with Crippen LogP contribution in [-0.4, -0.2) is 56.6 Å². The molecule has 2 amide bonds. The third-order valence-electron chi connectivity index (χ3n) is 6.46. The lowest BCUT2D eigenvalue weighted by Gasteiger charge is -2.31. The fourth-order valence-electron chi connectivity index (χ4n) is 4.41. The van der Waals surface area contributed by atoms with Gasteiger partial charge in [0.2, 0.25) is 21.8 Å². The normalized spacial score (nSPS) is 14.8. The van der Waals surface area contributed by atoms with Gasteiger partial charge in [0.05, 0.1) is 11.4 Å². The molecule has 3 aromatic rings. The molecule has 1 unspecified atom stereocenters. The van der Waals surface area contributed by atoms with Crippen molar-refractivity contribution in [2.75, 3.05) is 19.6 Å². The van der Waals surface area contributed by atoms with Crippen LogP contribution < -0.4 is 15.8 Å². The summed E-state index contributed by atoms with van der Waals surface area (Å²) in [5, 5.41) is 12.0. The number of amides is 2. The van der Waals surface area contributed by atoms with Crippen LogP contribution in [0.5, 0.6) is 0 Å². The van der Waals surface area contributed by atoms with E-state index in [0.29, 0.717) is 18.7 Å². The van der Waals surface area contributed by atoms with E-state index in [4.69, 9.17) is 11.1 Å². The van der Waals surface area contributed by atoms with E-state index >= 15 is 0 Å². The summed E-state index contributed by atoms with van der Waals surface area (Å²) in [4.78, 5) is 27.9. The largest absolute Gasteiger partial charge is 0.384 e. The average Bonchev–Trinajstić information content (AvgIpc) is 2.91. The number of sulfonamides is 1. The van der Waals surface area contributed by atoms with Crippen LogP contribution >= 0.6 is 0 Å². The molecule has 37 heavy (non-hydrogen) atoms. The van der Waals surface area contributed by atoms with E-state index < -0.39 is 28.5 Å². The molecule has 0 aliphatic carbocycles. The quantitative estimate of drug-likeness (QED) is 0.252. The molecule has 0 saturated carbocycles. The summed E-state index contributed by atoms with van der Waals surface area (Å²) in [7, 11) is -3.93. The Morgan fingerprint density at radius 1 is 0.946 bits per heavy atom. The maximum absolute atomic E-state index is 13.3. The summed E-state index contributed by atoms with van der Waals surface area (Å²) < 4.78 is 28.0. The molecule has 4 rings (SSSR count). The fourth-order valence-corrected chi connectivity index (χ4v) is 5.43. The van der Waals surface area contributed by atoms with E-state index in [0.717, 1.165) is 35.6 Å². The molecule has 0 spiro atoms. The number of nitrogens with one attached hydrogen (secondary N) is 3. The van der Waals surface area contributed by atoms with Gasteiger partial charge in [-0.2, -0.15) is 0 Å². The third kappa shape index (κ3) is 6.72.